The molecule has 0 aliphatic heterocycles. The lowest BCUT2D eigenvalue weighted by molar-refractivity contribution is 0.373. The summed E-state index contributed by atoms with van der Waals surface area (Å²) in [6, 6.07) is 0.266. The number of methoxy groups -OCH3 is 1. The summed E-state index contributed by atoms with van der Waals surface area (Å²) in [6.07, 6.45) is 1.12. The van der Waals surface area contributed by atoms with Gasteiger partial charge in [-0.25, -0.2) is 0 Å². The van der Waals surface area contributed by atoms with Gasteiger partial charge in [-0.05, 0) is 23.9 Å². The number of halogens is 1. The van der Waals surface area contributed by atoms with E-state index in [4.69, 9.17) is 16.3 Å². The van der Waals surface area contributed by atoms with E-state index < -0.39 is 0 Å². The van der Waals surface area contributed by atoms with Crippen molar-refractivity contribution in [3.8, 4) is 6.01 Å². The van der Waals surface area contributed by atoms with Crippen molar-refractivity contribution in [1.29, 1.82) is 0 Å². The van der Waals surface area contributed by atoms with E-state index in [9.17, 15) is 0 Å². The van der Waals surface area contributed by atoms with Gasteiger partial charge in [-0.3, -0.25) is 0 Å². The Kier molecular flexibility index (Phi) is 5.11. The minimum absolute atomic E-state index is 0.175. The first-order valence-corrected chi connectivity index (χ1v) is 6.06. The molecule has 0 radical (unpaired) electrons. The van der Waals surface area contributed by atoms with Gasteiger partial charge < -0.3 is 4.74 Å². The second-order valence-corrected chi connectivity index (χ2v) is 4.80. The number of rotatable bonds is 5. The minimum Gasteiger partial charge on any atom is -0.467 e. The lowest BCUT2D eigenvalue weighted by Crippen LogP contribution is -1.98. The van der Waals surface area contributed by atoms with Crippen LogP contribution in [0.5, 0.6) is 6.01 Å². The number of hydrogen-bond acceptors (Lipinski definition) is 5. The smallest absolute Gasteiger partial charge is 0.321 e. The number of thioether (sulfide) groups is 1. The summed E-state index contributed by atoms with van der Waals surface area (Å²) >= 11 is 7.28. The van der Waals surface area contributed by atoms with Crippen LogP contribution in [0.4, 0.5) is 0 Å². The average Bonchev–Trinajstić information content (AvgIpc) is 2.16. The fourth-order valence-corrected chi connectivity index (χ4v) is 2.12. The Morgan fingerprint density at radius 1 is 1.33 bits per heavy atom. The van der Waals surface area contributed by atoms with E-state index >= 15 is 0 Å². The lowest BCUT2D eigenvalue weighted by Gasteiger charge is -2.04. The highest BCUT2D eigenvalue weighted by atomic mass is 35.5. The Morgan fingerprint density at radius 3 is 2.67 bits per heavy atom. The Morgan fingerprint density at radius 2 is 2.07 bits per heavy atom. The summed E-state index contributed by atoms with van der Waals surface area (Å²) in [5, 5.41) is 0.793. The van der Waals surface area contributed by atoms with Gasteiger partial charge in [0.2, 0.25) is 5.28 Å². The third kappa shape index (κ3) is 4.66. The molecule has 0 N–H and O–H groups in total. The standard InChI is InChI=1S/C9H14ClN3OS/c1-6(2)4-5-15-9-12-7(10)11-8(13-9)14-3/h6H,4-5H2,1-3H3. The fourth-order valence-electron chi connectivity index (χ4n) is 0.856. The molecule has 1 rings (SSSR count). The normalized spacial score (nSPS) is 10.7. The highest BCUT2D eigenvalue weighted by Gasteiger charge is 2.05. The highest BCUT2D eigenvalue weighted by Crippen LogP contribution is 2.19. The van der Waals surface area contributed by atoms with Crippen LogP contribution in [0.15, 0.2) is 5.16 Å². The Hall–Kier alpha value is -0.550. The predicted molar refractivity (Wildman–Crippen MR) is 61.6 cm³/mol. The average molecular weight is 248 g/mol. The maximum atomic E-state index is 5.71. The first-order valence-electron chi connectivity index (χ1n) is 4.70. The molecule has 0 bridgehead atoms. The van der Waals surface area contributed by atoms with Gasteiger partial charge in [-0.2, -0.15) is 15.0 Å². The maximum absolute atomic E-state index is 5.71. The molecule has 84 valence electrons. The number of aromatic nitrogens is 3. The molecule has 0 atom stereocenters. The van der Waals surface area contributed by atoms with Crippen LogP contribution in [0.1, 0.15) is 20.3 Å². The van der Waals surface area contributed by atoms with Crippen molar-refractivity contribution in [1.82, 2.24) is 15.0 Å². The van der Waals surface area contributed by atoms with Crippen molar-refractivity contribution in [2.75, 3.05) is 12.9 Å². The van der Waals surface area contributed by atoms with Gasteiger partial charge in [0.05, 0.1) is 7.11 Å². The Labute approximate surface area is 98.8 Å². The number of ether oxygens (including phenoxy) is 1. The molecule has 0 saturated carbocycles. The Balaban J connectivity index is 2.56. The van der Waals surface area contributed by atoms with Gasteiger partial charge >= 0.3 is 6.01 Å². The SMILES string of the molecule is COc1nc(Cl)nc(SCCC(C)C)n1. The summed E-state index contributed by atoms with van der Waals surface area (Å²) in [5.74, 6) is 1.65. The molecule has 15 heavy (non-hydrogen) atoms. The third-order valence-corrected chi connectivity index (χ3v) is 2.73. The second kappa shape index (κ2) is 6.12. The zero-order valence-corrected chi connectivity index (χ0v) is 10.6. The third-order valence-electron chi connectivity index (χ3n) is 1.68. The molecule has 0 spiro atoms. The van der Waals surface area contributed by atoms with Crippen LogP contribution in [0.3, 0.4) is 0 Å². The summed E-state index contributed by atoms with van der Waals surface area (Å²) in [5.41, 5.74) is 0. The van der Waals surface area contributed by atoms with Crippen molar-refractivity contribution in [2.24, 2.45) is 5.92 Å². The number of hydrogen-bond donors (Lipinski definition) is 0. The molecule has 6 heteroatoms. The Bertz CT molecular complexity index is 322. The largest absolute Gasteiger partial charge is 0.467 e. The van der Waals surface area contributed by atoms with E-state index in [2.05, 4.69) is 28.8 Å². The monoisotopic (exact) mass is 247 g/mol. The van der Waals surface area contributed by atoms with Crippen LogP contribution in [0.2, 0.25) is 5.28 Å². The molecule has 0 unspecified atom stereocenters. The molecule has 0 fully saturated rings. The second-order valence-electron chi connectivity index (χ2n) is 3.40. The van der Waals surface area contributed by atoms with Crippen LogP contribution in [-0.4, -0.2) is 27.8 Å². The van der Waals surface area contributed by atoms with Gasteiger partial charge in [0.1, 0.15) is 0 Å². The van der Waals surface area contributed by atoms with Crippen LogP contribution in [0.25, 0.3) is 0 Å². The first-order chi connectivity index (χ1) is 7.11. The molecule has 1 aromatic heterocycles. The van der Waals surface area contributed by atoms with Crippen molar-refractivity contribution in [3.63, 3.8) is 0 Å². The highest BCUT2D eigenvalue weighted by molar-refractivity contribution is 7.99. The molecule has 0 aliphatic rings. The minimum atomic E-state index is 0.175. The van der Waals surface area contributed by atoms with Crippen LogP contribution < -0.4 is 4.74 Å². The van der Waals surface area contributed by atoms with E-state index in [0.29, 0.717) is 11.1 Å². The first kappa shape index (κ1) is 12.5. The summed E-state index contributed by atoms with van der Waals surface area (Å²) in [4.78, 5) is 11.9. The molecule has 0 aliphatic carbocycles. The lowest BCUT2D eigenvalue weighted by atomic mass is 10.2. The van der Waals surface area contributed by atoms with Gasteiger partial charge in [0.25, 0.3) is 0 Å². The van der Waals surface area contributed by atoms with Crippen molar-refractivity contribution >= 4 is 23.4 Å². The molecular weight excluding hydrogens is 234 g/mol. The van der Waals surface area contributed by atoms with E-state index in [1.807, 2.05) is 0 Å². The van der Waals surface area contributed by atoms with Crippen LogP contribution in [0, 0.1) is 5.92 Å². The fraction of sp³-hybridized carbons (Fsp3) is 0.667. The molecule has 0 amide bonds. The molecule has 0 aromatic carbocycles. The predicted octanol–water partition coefficient (Wildman–Crippen LogP) is 2.67. The van der Waals surface area contributed by atoms with Gasteiger partial charge in [-0.15, -0.1) is 0 Å². The zero-order chi connectivity index (χ0) is 11.3. The van der Waals surface area contributed by atoms with E-state index in [1.54, 1.807) is 11.8 Å². The van der Waals surface area contributed by atoms with Gasteiger partial charge in [0.15, 0.2) is 5.16 Å². The van der Waals surface area contributed by atoms with Crippen molar-refractivity contribution in [3.05, 3.63) is 5.28 Å². The summed E-state index contributed by atoms with van der Waals surface area (Å²) < 4.78 is 4.90. The van der Waals surface area contributed by atoms with Crippen molar-refractivity contribution in [2.45, 2.75) is 25.4 Å². The van der Waals surface area contributed by atoms with E-state index in [1.165, 1.54) is 7.11 Å². The summed E-state index contributed by atoms with van der Waals surface area (Å²) in [7, 11) is 1.51. The van der Waals surface area contributed by atoms with Gasteiger partial charge in [0, 0.05) is 5.75 Å². The van der Waals surface area contributed by atoms with Gasteiger partial charge in [-0.1, -0.05) is 25.6 Å². The van der Waals surface area contributed by atoms with Crippen LogP contribution >= 0.6 is 23.4 Å². The molecule has 1 aromatic rings. The van der Waals surface area contributed by atoms with Crippen molar-refractivity contribution < 1.29 is 4.74 Å². The number of nitrogens with zero attached hydrogens (tertiary/aromatic N) is 3. The molecular formula is C9H14ClN3OS. The topological polar surface area (TPSA) is 47.9 Å². The van der Waals surface area contributed by atoms with Crippen LogP contribution in [-0.2, 0) is 0 Å². The van der Waals surface area contributed by atoms with E-state index in [0.717, 1.165) is 12.2 Å². The summed E-state index contributed by atoms with van der Waals surface area (Å²) in [6.45, 7) is 4.36. The van der Waals surface area contributed by atoms with E-state index in [-0.39, 0.29) is 11.3 Å². The molecule has 1 heterocycles. The molecule has 4 nitrogen and oxygen atoms in total. The quantitative estimate of drug-likeness (QED) is 0.749. The zero-order valence-electron chi connectivity index (χ0n) is 9.03. The molecule has 0 saturated heterocycles. The maximum Gasteiger partial charge on any atom is 0.321 e.